The van der Waals surface area contributed by atoms with Crippen molar-refractivity contribution in [3.63, 3.8) is 0 Å². The van der Waals surface area contributed by atoms with E-state index in [-0.39, 0.29) is 17.1 Å². The van der Waals surface area contributed by atoms with E-state index in [2.05, 4.69) is 9.97 Å². The molecule has 0 fully saturated rings. The van der Waals surface area contributed by atoms with E-state index in [0.29, 0.717) is 0 Å². The molecule has 1 aromatic heterocycles. The monoisotopic (exact) mass is 146 g/mol. The van der Waals surface area contributed by atoms with E-state index in [1.807, 2.05) is 0 Å². The SMILES string of the molecule is [B]c1nc(NO)cnc1C#N. The molecule has 11 heavy (non-hydrogen) atoms. The Hall–Kier alpha value is -1.61. The van der Waals surface area contributed by atoms with Crippen LogP contribution in [0, 0.1) is 11.3 Å². The van der Waals surface area contributed by atoms with E-state index in [0.717, 1.165) is 0 Å². The van der Waals surface area contributed by atoms with Crippen LogP contribution in [-0.4, -0.2) is 23.0 Å². The Balaban J connectivity index is 3.12. The van der Waals surface area contributed by atoms with Crippen LogP contribution in [-0.2, 0) is 0 Å². The number of rotatable bonds is 1. The molecular weight excluding hydrogens is 143 g/mol. The number of hydrogen-bond acceptors (Lipinski definition) is 5. The molecule has 0 aliphatic rings. The van der Waals surface area contributed by atoms with Gasteiger partial charge in [0.1, 0.15) is 13.9 Å². The van der Waals surface area contributed by atoms with Gasteiger partial charge in [0.2, 0.25) is 0 Å². The fourth-order valence-electron chi connectivity index (χ4n) is 0.543. The summed E-state index contributed by atoms with van der Waals surface area (Å²) in [6.07, 6.45) is 1.20. The minimum Gasteiger partial charge on any atom is -0.290 e. The molecule has 2 N–H and O–H groups in total. The number of nitrogens with zero attached hydrogens (tertiary/aromatic N) is 3. The number of hydrogen-bond donors (Lipinski definition) is 2. The van der Waals surface area contributed by atoms with Gasteiger partial charge in [0.25, 0.3) is 0 Å². The number of aromatic nitrogens is 2. The molecule has 0 spiro atoms. The maximum Gasteiger partial charge on any atom is 0.167 e. The van der Waals surface area contributed by atoms with Gasteiger partial charge in [-0.25, -0.2) is 9.97 Å². The largest absolute Gasteiger partial charge is 0.290 e. The summed E-state index contributed by atoms with van der Waals surface area (Å²) in [6, 6.07) is 1.74. The van der Waals surface area contributed by atoms with Gasteiger partial charge in [-0.3, -0.25) is 10.7 Å². The Kier molecular flexibility index (Phi) is 2.04. The van der Waals surface area contributed by atoms with Crippen molar-refractivity contribution >= 4 is 19.3 Å². The molecule has 6 heteroatoms. The summed E-state index contributed by atoms with van der Waals surface area (Å²) in [7, 11) is 5.26. The molecule has 0 saturated heterocycles. The van der Waals surface area contributed by atoms with Crippen LogP contribution in [0.15, 0.2) is 6.20 Å². The van der Waals surface area contributed by atoms with Gasteiger partial charge in [-0.05, 0) is 0 Å². The number of nitriles is 1. The lowest BCUT2D eigenvalue weighted by Crippen LogP contribution is -2.16. The molecule has 0 aliphatic carbocycles. The van der Waals surface area contributed by atoms with E-state index < -0.39 is 0 Å². The van der Waals surface area contributed by atoms with Crippen molar-refractivity contribution in [2.45, 2.75) is 0 Å². The minimum absolute atomic E-state index is 0.00782. The maximum atomic E-state index is 8.37. The predicted molar refractivity (Wildman–Crippen MR) is 37.5 cm³/mol. The number of nitrogens with one attached hydrogen (secondary N) is 1. The minimum atomic E-state index is -0.00782. The summed E-state index contributed by atoms with van der Waals surface area (Å²) in [4.78, 5) is 7.19. The van der Waals surface area contributed by atoms with Gasteiger partial charge >= 0.3 is 0 Å². The van der Waals surface area contributed by atoms with Crippen LogP contribution in [0.2, 0.25) is 0 Å². The highest BCUT2D eigenvalue weighted by molar-refractivity contribution is 6.31. The first-order chi connectivity index (χ1) is 5.27. The molecule has 52 valence electrons. The Bertz CT molecular complexity index is 308. The van der Waals surface area contributed by atoms with Crippen LogP contribution in [0.1, 0.15) is 5.69 Å². The highest BCUT2D eigenvalue weighted by Gasteiger charge is 1.99. The fraction of sp³-hybridized carbons (Fsp3) is 0. The van der Waals surface area contributed by atoms with Crippen LogP contribution in [0.3, 0.4) is 0 Å². The van der Waals surface area contributed by atoms with E-state index in [1.54, 1.807) is 11.5 Å². The highest BCUT2D eigenvalue weighted by atomic mass is 16.5. The maximum absolute atomic E-state index is 8.37. The third-order valence-corrected chi connectivity index (χ3v) is 1.02. The van der Waals surface area contributed by atoms with Crippen molar-refractivity contribution in [3.8, 4) is 6.07 Å². The number of anilines is 1. The molecule has 0 saturated carbocycles. The molecule has 0 aromatic carbocycles. The van der Waals surface area contributed by atoms with E-state index >= 15 is 0 Å². The van der Waals surface area contributed by atoms with Gasteiger partial charge in [-0.1, -0.05) is 0 Å². The zero-order chi connectivity index (χ0) is 8.27. The topological polar surface area (TPSA) is 81.8 Å². The Morgan fingerprint density at radius 3 is 2.91 bits per heavy atom. The lowest BCUT2D eigenvalue weighted by Gasteiger charge is -1.98. The lowest BCUT2D eigenvalue weighted by molar-refractivity contribution is 0.386. The van der Waals surface area contributed by atoms with Gasteiger partial charge in [0, 0.05) is 5.59 Å². The first-order valence-electron chi connectivity index (χ1n) is 2.70. The second-order valence-electron chi connectivity index (χ2n) is 1.71. The van der Waals surface area contributed by atoms with Crippen LogP contribution in [0.4, 0.5) is 5.82 Å². The Morgan fingerprint density at radius 1 is 1.73 bits per heavy atom. The Morgan fingerprint density at radius 2 is 2.45 bits per heavy atom. The summed E-state index contributed by atoms with van der Waals surface area (Å²) in [5.74, 6) is 0.113. The van der Waals surface area contributed by atoms with Crippen molar-refractivity contribution in [1.29, 1.82) is 5.26 Å². The quantitative estimate of drug-likeness (QED) is 0.389. The molecule has 2 radical (unpaired) electrons. The second-order valence-corrected chi connectivity index (χ2v) is 1.71. The summed E-state index contributed by atoms with van der Waals surface area (Å²) in [6.45, 7) is 0. The summed E-state index contributed by atoms with van der Waals surface area (Å²) in [5.41, 5.74) is 1.79. The molecule has 1 aromatic rings. The van der Waals surface area contributed by atoms with Gasteiger partial charge in [0.05, 0.1) is 6.20 Å². The van der Waals surface area contributed by atoms with Gasteiger partial charge < -0.3 is 0 Å². The predicted octanol–water partition coefficient (Wildman–Crippen LogP) is -1.06. The van der Waals surface area contributed by atoms with Crippen LogP contribution in [0.5, 0.6) is 0 Å². The molecule has 0 aliphatic heterocycles. The molecule has 1 rings (SSSR count). The second kappa shape index (κ2) is 2.99. The average molecular weight is 146 g/mol. The zero-order valence-corrected chi connectivity index (χ0v) is 5.44. The third-order valence-electron chi connectivity index (χ3n) is 1.02. The van der Waals surface area contributed by atoms with Crippen molar-refractivity contribution in [1.82, 2.24) is 9.97 Å². The van der Waals surface area contributed by atoms with Gasteiger partial charge in [-0.2, -0.15) is 5.26 Å². The first kappa shape index (κ1) is 7.50. The molecular formula is C5H3BN4O. The van der Waals surface area contributed by atoms with Crippen molar-refractivity contribution in [3.05, 3.63) is 11.9 Å². The van der Waals surface area contributed by atoms with E-state index in [1.165, 1.54) is 6.20 Å². The van der Waals surface area contributed by atoms with Crippen LogP contribution in [0.25, 0.3) is 0 Å². The normalized spacial score (nSPS) is 8.73. The third kappa shape index (κ3) is 1.45. The standard InChI is InChI=1S/C5H3BN4O/c6-5-3(1-7)8-2-4(9-5)10-11/h2,11H,(H,9,10). The summed E-state index contributed by atoms with van der Waals surface area (Å²) in [5, 5.41) is 16.7. The molecule has 0 bridgehead atoms. The summed E-state index contributed by atoms with van der Waals surface area (Å²) >= 11 is 0. The molecule has 0 unspecified atom stereocenters. The van der Waals surface area contributed by atoms with Crippen LogP contribution >= 0.6 is 0 Å². The highest BCUT2D eigenvalue weighted by Crippen LogP contribution is 1.94. The molecule has 0 amide bonds. The first-order valence-corrected chi connectivity index (χ1v) is 2.70. The Labute approximate surface area is 64.1 Å². The average Bonchev–Trinajstić information content (AvgIpc) is 2.04. The van der Waals surface area contributed by atoms with Crippen LogP contribution < -0.4 is 11.1 Å². The summed E-state index contributed by atoms with van der Waals surface area (Å²) < 4.78 is 0. The van der Waals surface area contributed by atoms with Crippen molar-refractivity contribution in [2.75, 3.05) is 5.48 Å². The zero-order valence-electron chi connectivity index (χ0n) is 5.44. The van der Waals surface area contributed by atoms with Crippen molar-refractivity contribution < 1.29 is 5.21 Å². The van der Waals surface area contributed by atoms with E-state index in [9.17, 15) is 0 Å². The van der Waals surface area contributed by atoms with Gasteiger partial charge in [0.15, 0.2) is 11.5 Å². The van der Waals surface area contributed by atoms with Crippen molar-refractivity contribution in [2.24, 2.45) is 0 Å². The lowest BCUT2D eigenvalue weighted by atomic mass is 10.0. The van der Waals surface area contributed by atoms with E-state index in [4.69, 9.17) is 18.3 Å². The van der Waals surface area contributed by atoms with Gasteiger partial charge in [-0.15, -0.1) is 0 Å². The fourth-order valence-corrected chi connectivity index (χ4v) is 0.543. The molecule has 1 heterocycles. The molecule has 0 atom stereocenters. The smallest absolute Gasteiger partial charge is 0.167 e. The molecule has 5 nitrogen and oxygen atoms in total.